The topological polar surface area (TPSA) is 0 Å². The molecule has 33 heavy (non-hydrogen) atoms. The van der Waals surface area contributed by atoms with E-state index in [1.807, 2.05) is 12.1 Å². The van der Waals surface area contributed by atoms with Crippen LogP contribution in [0.3, 0.4) is 0 Å². The molecule has 3 aromatic rings. The van der Waals surface area contributed by atoms with E-state index in [0.29, 0.717) is 0 Å². The fourth-order valence-corrected chi connectivity index (χ4v) is 2.23. The first kappa shape index (κ1) is 41.6. The van der Waals surface area contributed by atoms with Crippen molar-refractivity contribution >= 4 is 41.1 Å². The van der Waals surface area contributed by atoms with Crippen molar-refractivity contribution in [1.29, 1.82) is 0 Å². The summed E-state index contributed by atoms with van der Waals surface area (Å²) in [6, 6.07) is 29.3. The third-order valence-corrected chi connectivity index (χ3v) is 3.97. The molecule has 0 heterocycles. The van der Waals surface area contributed by atoms with Crippen LogP contribution >= 0.6 is 0 Å². The molecule has 0 nitrogen and oxygen atoms in total. The Bertz CT molecular complexity index is 725. The molecule has 0 aliphatic rings. The zero-order valence-corrected chi connectivity index (χ0v) is 23.1. The van der Waals surface area contributed by atoms with E-state index in [2.05, 4.69) is 118 Å². The van der Waals surface area contributed by atoms with Crippen LogP contribution in [0.4, 0.5) is 0 Å². The van der Waals surface area contributed by atoms with E-state index < -0.39 is 0 Å². The third kappa shape index (κ3) is 19.5. The standard InChI is InChI=1S/C22H18.C4H10.C2H5.CH4.CH3.2B.Y/c1-3-7-19(8-4-1)11-13-21-15-17-22(18-16-21)14-12-20-9-5-2-6-10-20;1-3-4-2;1-2;;;;;/h1-18H;3-4H2,1-2H3;1H2,2H3;1H4;1H3;;;/q;;-1;;-1;;;/b13-11+,14-12+;;;;;;;. The first-order valence-electron chi connectivity index (χ1n) is 10.1. The summed E-state index contributed by atoms with van der Waals surface area (Å²) in [6.45, 7) is 9.36. The monoisotopic (exact) mass is 511 g/mol. The minimum atomic E-state index is 0. The molecule has 0 fully saturated rings. The molecule has 171 valence electrons. The van der Waals surface area contributed by atoms with Crippen molar-refractivity contribution in [2.24, 2.45) is 0 Å². The third-order valence-electron chi connectivity index (χ3n) is 3.97. The predicted molar refractivity (Wildman–Crippen MR) is 153 cm³/mol. The summed E-state index contributed by atoms with van der Waals surface area (Å²) in [7, 11) is 0. The van der Waals surface area contributed by atoms with E-state index in [1.54, 1.807) is 6.92 Å². The minimum Gasteiger partial charge on any atom is -0.358 e. The Hall–Kier alpha value is -1.63. The smallest absolute Gasteiger partial charge is 0 e. The van der Waals surface area contributed by atoms with Gasteiger partial charge in [-0.2, -0.15) is 6.92 Å². The molecule has 0 aliphatic heterocycles. The first-order chi connectivity index (χ1) is 13.8. The van der Waals surface area contributed by atoms with E-state index in [0.717, 1.165) is 0 Å². The number of unbranched alkanes of at least 4 members (excludes halogenated alkanes) is 1. The summed E-state index contributed by atoms with van der Waals surface area (Å²) in [5.41, 5.74) is 4.85. The average Bonchev–Trinajstić information content (AvgIpc) is 2.80. The molecule has 0 atom stereocenters. The van der Waals surface area contributed by atoms with E-state index >= 15 is 0 Å². The van der Waals surface area contributed by atoms with Crippen molar-refractivity contribution in [3.63, 3.8) is 0 Å². The Morgan fingerprint density at radius 2 is 0.727 bits per heavy atom. The van der Waals surface area contributed by atoms with Gasteiger partial charge in [-0.1, -0.05) is 143 Å². The van der Waals surface area contributed by atoms with E-state index in [1.165, 1.54) is 35.1 Å². The summed E-state index contributed by atoms with van der Waals surface area (Å²) in [5, 5.41) is 0. The van der Waals surface area contributed by atoms with Crippen LogP contribution in [0.25, 0.3) is 24.3 Å². The van der Waals surface area contributed by atoms with Crippen molar-refractivity contribution in [2.75, 3.05) is 0 Å². The Morgan fingerprint density at radius 1 is 0.515 bits per heavy atom. The van der Waals surface area contributed by atoms with Crippen LogP contribution in [0.1, 0.15) is 63.3 Å². The second kappa shape index (κ2) is 28.4. The molecule has 0 unspecified atom stereocenters. The molecule has 0 bridgehead atoms. The maximum atomic E-state index is 3.25. The molecule has 0 saturated carbocycles. The van der Waals surface area contributed by atoms with Crippen molar-refractivity contribution in [2.45, 2.75) is 41.0 Å². The Kier molecular flexibility index (Phi) is 35.8. The SMILES string of the molecule is C.C(=C\c1ccc(/C=C/c2ccccc2)cc1)/c1ccccc1.CCCC.[B].[B].[CH2-]C.[CH3-].[Y]. The predicted octanol–water partition coefficient (Wildman–Crippen LogP) is 9.00. The average molecular weight is 511 g/mol. The quantitative estimate of drug-likeness (QED) is 0.182. The van der Waals surface area contributed by atoms with Crippen LogP contribution in [0.15, 0.2) is 84.9 Å². The summed E-state index contributed by atoms with van der Waals surface area (Å²) in [6.07, 6.45) is 11.2. The normalized spacial score (nSPS) is 8.61. The minimum absolute atomic E-state index is 0. The van der Waals surface area contributed by atoms with Gasteiger partial charge in [-0.25, -0.2) is 0 Å². The zero-order valence-electron chi connectivity index (χ0n) is 20.2. The van der Waals surface area contributed by atoms with Gasteiger partial charge in [0.1, 0.15) is 0 Å². The van der Waals surface area contributed by atoms with Gasteiger partial charge >= 0.3 is 0 Å². The molecule has 0 N–H and O–H groups in total. The van der Waals surface area contributed by atoms with Gasteiger partial charge in [-0.05, 0) is 22.3 Å². The summed E-state index contributed by atoms with van der Waals surface area (Å²) in [4.78, 5) is 0. The van der Waals surface area contributed by atoms with Crippen LogP contribution in [0.2, 0.25) is 0 Å². The number of hydrogen-bond donors (Lipinski definition) is 0. The van der Waals surface area contributed by atoms with Crippen molar-refractivity contribution < 1.29 is 32.7 Å². The molecular formula is C30H40B2Y-2. The Balaban J connectivity index is -0.000000216. The Labute approximate surface area is 235 Å². The van der Waals surface area contributed by atoms with Gasteiger partial charge in [0.25, 0.3) is 0 Å². The number of rotatable bonds is 5. The molecule has 0 aromatic heterocycles. The molecule has 7 radical (unpaired) electrons. The second-order valence-corrected chi connectivity index (χ2v) is 6.15. The van der Waals surface area contributed by atoms with Crippen LogP contribution in [0, 0.1) is 14.4 Å². The van der Waals surface area contributed by atoms with E-state index in [4.69, 9.17) is 0 Å². The summed E-state index contributed by atoms with van der Waals surface area (Å²) < 4.78 is 0. The van der Waals surface area contributed by atoms with Gasteiger partial charge in [-0.15, -0.1) is 0 Å². The van der Waals surface area contributed by atoms with Gasteiger partial charge < -0.3 is 14.4 Å². The molecule has 0 spiro atoms. The molecule has 3 aromatic carbocycles. The fraction of sp³-hybridized carbons (Fsp3) is 0.200. The molecule has 0 saturated heterocycles. The van der Waals surface area contributed by atoms with Crippen molar-refractivity contribution in [1.82, 2.24) is 0 Å². The van der Waals surface area contributed by atoms with Crippen molar-refractivity contribution in [3.05, 3.63) is 122 Å². The molecule has 0 amide bonds. The maximum absolute atomic E-state index is 3.25. The van der Waals surface area contributed by atoms with Gasteiger partial charge in [0.15, 0.2) is 0 Å². The van der Waals surface area contributed by atoms with Gasteiger partial charge in [-0.3, -0.25) is 0 Å². The second-order valence-electron chi connectivity index (χ2n) is 6.15. The maximum Gasteiger partial charge on any atom is 0 e. The molecule has 0 aliphatic carbocycles. The number of benzene rings is 3. The largest absolute Gasteiger partial charge is 0.358 e. The summed E-state index contributed by atoms with van der Waals surface area (Å²) >= 11 is 0. The van der Waals surface area contributed by atoms with Crippen LogP contribution < -0.4 is 0 Å². The van der Waals surface area contributed by atoms with E-state index in [9.17, 15) is 0 Å². The van der Waals surface area contributed by atoms with Gasteiger partial charge in [0.05, 0.1) is 0 Å². The van der Waals surface area contributed by atoms with Crippen molar-refractivity contribution in [3.8, 4) is 0 Å². The molecule has 3 rings (SSSR count). The van der Waals surface area contributed by atoms with Gasteiger partial charge in [0, 0.05) is 49.5 Å². The number of hydrogen-bond acceptors (Lipinski definition) is 0. The van der Waals surface area contributed by atoms with Crippen LogP contribution in [-0.2, 0) is 32.7 Å². The van der Waals surface area contributed by atoms with Crippen LogP contribution in [0.5, 0.6) is 0 Å². The molecular weight excluding hydrogens is 471 g/mol. The summed E-state index contributed by atoms with van der Waals surface area (Å²) in [5.74, 6) is 0. The van der Waals surface area contributed by atoms with E-state index in [-0.39, 0.29) is 64.4 Å². The van der Waals surface area contributed by atoms with Crippen LogP contribution in [-0.4, -0.2) is 16.8 Å². The molecule has 3 heteroatoms. The van der Waals surface area contributed by atoms with Gasteiger partial charge in [0.2, 0.25) is 0 Å². The first-order valence-corrected chi connectivity index (χ1v) is 10.1. The fourth-order valence-electron chi connectivity index (χ4n) is 2.23. The Morgan fingerprint density at radius 3 is 0.939 bits per heavy atom. The zero-order chi connectivity index (χ0) is 20.5.